The first-order chi connectivity index (χ1) is 33.9. The first-order valence-electron chi connectivity index (χ1n) is 25.3. The molecular weight excluding hydrogens is 834 g/mol. The summed E-state index contributed by atoms with van der Waals surface area (Å²) in [5.41, 5.74) is 25.8. The predicted molar refractivity (Wildman–Crippen MR) is 295 cm³/mol. The number of anilines is 6. The molecular formula is C65H56BN3. The molecule has 0 atom stereocenters. The summed E-state index contributed by atoms with van der Waals surface area (Å²) >= 11 is 0. The average molecular weight is 890 g/mol. The van der Waals surface area contributed by atoms with Crippen LogP contribution in [0.2, 0.25) is 0 Å². The molecule has 13 rings (SSSR count). The van der Waals surface area contributed by atoms with Crippen molar-refractivity contribution in [2.24, 2.45) is 0 Å². The van der Waals surface area contributed by atoms with Gasteiger partial charge in [0.25, 0.3) is 0 Å². The molecule has 9 aromatic carbocycles. The molecule has 0 spiro atoms. The molecule has 3 nitrogen and oxygen atoms in total. The van der Waals surface area contributed by atoms with Crippen LogP contribution >= 0.6 is 0 Å². The van der Waals surface area contributed by atoms with E-state index in [2.05, 4.69) is 236 Å². The van der Waals surface area contributed by atoms with Gasteiger partial charge < -0.3 is 14.3 Å². The van der Waals surface area contributed by atoms with Gasteiger partial charge in [0, 0.05) is 66.8 Å². The number of aromatic nitrogens is 1. The van der Waals surface area contributed by atoms with Gasteiger partial charge in [-0.1, -0.05) is 156 Å². The van der Waals surface area contributed by atoms with Crippen LogP contribution in [0.25, 0.3) is 55.2 Å². The molecule has 2 aliphatic heterocycles. The van der Waals surface area contributed by atoms with Crippen LogP contribution < -0.4 is 20.7 Å². The van der Waals surface area contributed by atoms with Gasteiger partial charge in [-0.15, -0.1) is 0 Å². The number of nitrogens with zero attached hydrogens (tertiary/aromatic N) is 3. The normalized spacial score (nSPS) is 13.6. The van der Waals surface area contributed by atoms with Crippen molar-refractivity contribution in [3.05, 3.63) is 216 Å². The molecule has 0 unspecified atom stereocenters. The summed E-state index contributed by atoms with van der Waals surface area (Å²) in [5, 5.41) is 2.68. The second-order valence-electron chi connectivity index (χ2n) is 20.1. The number of hydrogen-bond acceptors (Lipinski definition) is 2. The summed E-state index contributed by atoms with van der Waals surface area (Å²) in [6.45, 7) is 9.40. The standard InChI is InChI=1S/C65H56BN3/c1-5-7-22-43-34-36-57(51(38-43)45-24-12-9-13-25-45)68-59-37-35-48(67(46-26-14-10-15-27-46)47-28-16-11-17-29-47)41-56(59)66-63-60(68)42-55-61(50-31-18-20-32-54(50)65(55,3)4)62(63)53-40-44(23-8-6-2)39-52-49-30-19-21-33-58(49)69(66)64(52)53/h9-21,24-42H,5-8,22-23H2,1-4H3. The fraction of sp³-hybridized carbons (Fsp3) is 0.169. The van der Waals surface area contributed by atoms with E-state index in [4.69, 9.17) is 0 Å². The number of aryl methyl sites for hydroxylation is 2. The van der Waals surface area contributed by atoms with Gasteiger partial charge in [-0.25, -0.2) is 0 Å². The number of fused-ring (bicyclic) bond motifs is 11. The molecule has 69 heavy (non-hydrogen) atoms. The lowest BCUT2D eigenvalue weighted by molar-refractivity contribution is 0.660. The summed E-state index contributed by atoms with van der Waals surface area (Å²) in [6, 6.07) is 73.8. The third-order valence-electron chi connectivity index (χ3n) is 15.7. The molecule has 4 heteroatoms. The predicted octanol–water partition coefficient (Wildman–Crippen LogP) is 16.3. The topological polar surface area (TPSA) is 11.4 Å². The van der Waals surface area contributed by atoms with Crippen LogP contribution in [0.15, 0.2) is 194 Å². The van der Waals surface area contributed by atoms with Gasteiger partial charge in [0.05, 0.1) is 5.69 Å². The summed E-state index contributed by atoms with van der Waals surface area (Å²) in [5.74, 6) is 0. The SMILES string of the molecule is CCCCc1ccc(N2c3ccc(N(c4ccccc4)c4ccccc4)cc3B3c4c2cc2c(c4-c4cc(CCCC)cc5c6ccccc6n3c45)-c3ccccc3C2(C)C)c(-c2ccccc2)c1. The molecule has 0 N–H and O–H groups in total. The van der Waals surface area contributed by atoms with Gasteiger partial charge in [0.15, 0.2) is 0 Å². The monoisotopic (exact) mass is 889 g/mol. The number of hydrogen-bond donors (Lipinski definition) is 0. The quantitative estimate of drug-likeness (QED) is 0.120. The van der Waals surface area contributed by atoms with Gasteiger partial charge in [0.1, 0.15) is 0 Å². The van der Waals surface area contributed by atoms with Gasteiger partial charge in [0.2, 0.25) is 0 Å². The Kier molecular flexibility index (Phi) is 9.84. The van der Waals surface area contributed by atoms with Crippen LogP contribution in [0, 0.1) is 0 Å². The Labute approximate surface area is 407 Å². The average Bonchev–Trinajstić information content (AvgIpc) is 3.84. The maximum absolute atomic E-state index is 2.75. The highest BCUT2D eigenvalue weighted by Crippen LogP contribution is 2.57. The first kappa shape index (κ1) is 41.6. The maximum atomic E-state index is 2.75. The Balaban J connectivity index is 1.20. The molecule has 10 aromatic rings. The van der Waals surface area contributed by atoms with Crippen molar-refractivity contribution >= 4 is 73.7 Å². The minimum absolute atomic E-state index is 0.115. The molecule has 3 heterocycles. The van der Waals surface area contributed by atoms with Crippen LogP contribution in [0.1, 0.15) is 75.6 Å². The number of rotatable bonds is 11. The van der Waals surface area contributed by atoms with Crippen molar-refractivity contribution in [2.45, 2.75) is 71.6 Å². The minimum atomic E-state index is -0.218. The van der Waals surface area contributed by atoms with E-state index in [1.807, 2.05) is 0 Å². The minimum Gasteiger partial charge on any atom is -0.375 e. The Bertz CT molecular complexity index is 3590. The molecule has 3 aliphatic rings. The smallest absolute Gasteiger partial charge is 0.333 e. The van der Waals surface area contributed by atoms with Crippen LogP contribution in [0.3, 0.4) is 0 Å². The summed E-state index contributed by atoms with van der Waals surface area (Å²) in [4.78, 5) is 5.10. The highest BCUT2D eigenvalue weighted by molar-refractivity contribution is 6.90. The van der Waals surface area contributed by atoms with E-state index in [0.717, 1.165) is 55.6 Å². The highest BCUT2D eigenvalue weighted by Gasteiger charge is 2.48. The third kappa shape index (κ3) is 6.34. The molecule has 0 saturated heterocycles. The van der Waals surface area contributed by atoms with Gasteiger partial charge in [-0.3, -0.25) is 0 Å². The van der Waals surface area contributed by atoms with E-state index >= 15 is 0 Å². The van der Waals surface area contributed by atoms with Crippen LogP contribution in [-0.4, -0.2) is 11.3 Å². The van der Waals surface area contributed by atoms with Crippen molar-refractivity contribution in [3.8, 4) is 33.4 Å². The van der Waals surface area contributed by atoms with Crippen molar-refractivity contribution < 1.29 is 0 Å². The van der Waals surface area contributed by atoms with Crippen molar-refractivity contribution in [1.82, 2.24) is 4.48 Å². The number of para-hydroxylation sites is 3. The fourth-order valence-electron chi connectivity index (χ4n) is 12.4. The second kappa shape index (κ2) is 16.3. The van der Waals surface area contributed by atoms with E-state index in [-0.39, 0.29) is 12.3 Å². The van der Waals surface area contributed by atoms with Gasteiger partial charge in [-0.2, -0.15) is 0 Å². The van der Waals surface area contributed by atoms with Crippen molar-refractivity contribution in [1.29, 1.82) is 0 Å². The number of unbranched alkanes of at least 4 members (excludes halogenated alkanes) is 2. The molecule has 0 bridgehead atoms. The summed E-state index contributed by atoms with van der Waals surface area (Å²) in [6.07, 6.45) is 6.76. The maximum Gasteiger partial charge on any atom is 0.333 e. The lowest BCUT2D eigenvalue weighted by atomic mass is 9.44. The molecule has 0 fully saturated rings. The molecule has 1 aromatic heterocycles. The second-order valence-corrected chi connectivity index (χ2v) is 20.1. The zero-order valence-electron chi connectivity index (χ0n) is 40.1. The summed E-state index contributed by atoms with van der Waals surface area (Å²) < 4.78 is 2.75. The Hall–Kier alpha value is -7.56. The Morgan fingerprint density at radius 3 is 1.86 bits per heavy atom. The molecule has 334 valence electrons. The van der Waals surface area contributed by atoms with Crippen molar-refractivity contribution in [2.75, 3.05) is 9.80 Å². The van der Waals surface area contributed by atoms with Crippen molar-refractivity contribution in [3.63, 3.8) is 0 Å². The largest absolute Gasteiger partial charge is 0.375 e. The molecule has 0 saturated carbocycles. The van der Waals surface area contributed by atoms with Gasteiger partial charge >= 0.3 is 6.85 Å². The van der Waals surface area contributed by atoms with E-state index in [0.29, 0.717) is 0 Å². The Morgan fingerprint density at radius 1 is 0.478 bits per heavy atom. The Morgan fingerprint density at radius 2 is 1.12 bits per heavy atom. The van der Waals surface area contributed by atoms with Crippen LogP contribution in [-0.2, 0) is 18.3 Å². The molecule has 1 aliphatic carbocycles. The van der Waals surface area contributed by atoms with Gasteiger partial charge in [-0.05, 0) is 160 Å². The fourth-order valence-corrected chi connectivity index (χ4v) is 12.4. The highest BCUT2D eigenvalue weighted by atomic mass is 15.2. The first-order valence-corrected chi connectivity index (χ1v) is 25.3. The van der Waals surface area contributed by atoms with Crippen LogP contribution in [0.5, 0.6) is 0 Å². The lowest BCUT2D eigenvalue weighted by Crippen LogP contribution is -2.57. The zero-order chi connectivity index (χ0) is 46.4. The third-order valence-corrected chi connectivity index (χ3v) is 15.7. The van der Waals surface area contributed by atoms with E-state index in [9.17, 15) is 0 Å². The zero-order valence-corrected chi connectivity index (χ0v) is 40.1. The van der Waals surface area contributed by atoms with E-state index in [1.54, 1.807) is 0 Å². The summed E-state index contributed by atoms with van der Waals surface area (Å²) in [7, 11) is 0. The van der Waals surface area contributed by atoms with E-state index in [1.165, 1.54) is 105 Å². The lowest BCUT2D eigenvalue weighted by Gasteiger charge is -2.43. The van der Waals surface area contributed by atoms with Crippen LogP contribution in [0.4, 0.5) is 34.1 Å². The molecule has 0 amide bonds. The van der Waals surface area contributed by atoms with E-state index < -0.39 is 0 Å². The molecule has 0 radical (unpaired) electrons. The number of benzene rings is 9.